The standard InChI is InChI=1S/C16H14Cl3NO3.C7H9NO3S/c17-11-2-1-3-12(18)10(11)8-23-15-5-4-9(6-13(15)19)7-14(20)16(21)22;1-4(9)8-3-5(12)2-6(8)7(10)11/h1-6,14H,7-8,20H2,(H,21,22);6H,2-3H2,1H3,(H,10,11)/t14-;6-/m00/s1. The number of carboxylic acid groups (broad SMARTS) is 2. The molecule has 1 heterocycles. The van der Waals surface area contributed by atoms with Crippen LogP contribution in [-0.4, -0.2) is 56.5 Å². The highest BCUT2D eigenvalue weighted by Crippen LogP contribution is 2.30. The van der Waals surface area contributed by atoms with Gasteiger partial charge in [0.1, 0.15) is 24.4 Å². The Morgan fingerprint density at radius 2 is 1.77 bits per heavy atom. The average molecular weight is 562 g/mol. The van der Waals surface area contributed by atoms with Crippen LogP contribution >= 0.6 is 47.0 Å². The summed E-state index contributed by atoms with van der Waals surface area (Å²) in [4.78, 5) is 34.2. The molecule has 0 unspecified atom stereocenters. The van der Waals surface area contributed by atoms with Gasteiger partial charge in [-0.2, -0.15) is 0 Å². The summed E-state index contributed by atoms with van der Waals surface area (Å²) in [5, 5.41) is 18.9. The number of likely N-dealkylation sites (tertiary alicyclic amines) is 1. The van der Waals surface area contributed by atoms with Crippen LogP contribution in [0.1, 0.15) is 24.5 Å². The Hall–Kier alpha value is -2.43. The van der Waals surface area contributed by atoms with Crippen molar-refractivity contribution in [2.24, 2.45) is 5.73 Å². The van der Waals surface area contributed by atoms with Gasteiger partial charge in [0.2, 0.25) is 5.91 Å². The SMILES string of the molecule is CC(=O)N1CC(=S)C[C@H]1C(=O)O.N[C@@H](Cc1ccc(OCc2c(Cl)cccc2Cl)c(Cl)c1)C(=O)O. The Morgan fingerprint density at radius 3 is 2.26 bits per heavy atom. The zero-order chi connectivity index (χ0) is 26.3. The maximum Gasteiger partial charge on any atom is 0.326 e. The molecule has 2 aromatic rings. The summed E-state index contributed by atoms with van der Waals surface area (Å²) in [7, 11) is 0. The topological polar surface area (TPSA) is 130 Å². The van der Waals surface area contributed by atoms with Gasteiger partial charge in [-0.25, -0.2) is 4.79 Å². The third kappa shape index (κ3) is 8.33. The third-order valence-corrected chi connectivity index (χ3v) is 6.34. The van der Waals surface area contributed by atoms with Gasteiger partial charge in [-0.1, -0.05) is 59.2 Å². The number of halogens is 3. The van der Waals surface area contributed by atoms with Crippen molar-refractivity contribution in [1.82, 2.24) is 4.90 Å². The van der Waals surface area contributed by atoms with Crippen LogP contribution in [0.2, 0.25) is 15.1 Å². The average Bonchev–Trinajstić information content (AvgIpc) is 3.17. The zero-order valence-electron chi connectivity index (χ0n) is 18.5. The molecule has 8 nitrogen and oxygen atoms in total. The minimum absolute atomic E-state index is 0.173. The van der Waals surface area contributed by atoms with E-state index in [0.29, 0.717) is 49.8 Å². The van der Waals surface area contributed by atoms with E-state index in [1.165, 1.54) is 11.8 Å². The molecule has 0 aromatic heterocycles. The second-order valence-electron chi connectivity index (χ2n) is 7.65. The van der Waals surface area contributed by atoms with Crippen molar-refractivity contribution in [2.45, 2.75) is 38.5 Å². The molecule has 1 aliphatic heterocycles. The van der Waals surface area contributed by atoms with Crippen LogP contribution in [0.3, 0.4) is 0 Å². The number of nitrogens with zero attached hydrogens (tertiary/aromatic N) is 1. The van der Waals surface area contributed by atoms with E-state index in [9.17, 15) is 14.4 Å². The van der Waals surface area contributed by atoms with Gasteiger partial charge in [0.25, 0.3) is 0 Å². The summed E-state index contributed by atoms with van der Waals surface area (Å²) in [5.41, 5.74) is 6.89. The zero-order valence-corrected chi connectivity index (χ0v) is 21.6. The van der Waals surface area contributed by atoms with Gasteiger partial charge >= 0.3 is 11.9 Å². The van der Waals surface area contributed by atoms with Crippen LogP contribution in [0.4, 0.5) is 0 Å². The number of benzene rings is 2. The minimum atomic E-state index is -1.06. The van der Waals surface area contributed by atoms with Crippen LogP contribution < -0.4 is 10.5 Å². The lowest BCUT2D eigenvalue weighted by Gasteiger charge is -2.18. The monoisotopic (exact) mass is 560 g/mol. The molecule has 2 aromatic carbocycles. The Balaban J connectivity index is 0.000000303. The molecule has 1 aliphatic rings. The third-order valence-electron chi connectivity index (χ3n) is 5.04. The first-order valence-corrected chi connectivity index (χ1v) is 11.8. The lowest BCUT2D eigenvalue weighted by atomic mass is 10.1. The lowest BCUT2D eigenvalue weighted by Crippen LogP contribution is -2.39. The van der Waals surface area contributed by atoms with E-state index in [0.717, 1.165) is 0 Å². The van der Waals surface area contributed by atoms with E-state index < -0.39 is 24.0 Å². The number of amides is 1. The predicted molar refractivity (Wildman–Crippen MR) is 138 cm³/mol. The summed E-state index contributed by atoms with van der Waals surface area (Å²) >= 11 is 23.2. The predicted octanol–water partition coefficient (Wildman–Crippen LogP) is 4.24. The molecular weight excluding hydrogens is 539 g/mol. The second-order valence-corrected chi connectivity index (χ2v) is 9.45. The molecule has 1 saturated heterocycles. The normalized spacial score (nSPS) is 15.7. The highest BCUT2D eigenvalue weighted by molar-refractivity contribution is 7.80. The van der Waals surface area contributed by atoms with Crippen LogP contribution in [-0.2, 0) is 27.4 Å². The number of aliphatic carboxylic acids is 2. The number of ether oxygens (including phenoxy) is 1. The van der Waals surface area contributed by atoms with Gasteiger partial charge in [-0.05, 0) is 36.2 Å². The summed E-state index contributed by atoms with van der Waals surface area (Å²) in [6.07, 6.45) is 0.496. The van der Waals surface area contributed by atoms with Crippen molar-refractivity contribution < 1.29 is 29.3 Å². The number of nitrogens with two attached hydrogens (primary N) is 1. The van der Waals surface area contributed by atoms with Gasteiger partial charge in [-0.3, -0.25) is 9.59 Å². The quantitative estimate of drug-likeness (QED) is 0.428. The largest absolute Gasteiger partial charge is 0.487 e. The molecule has 0 spiro atoms. The van der Waals surface area contributed by atoms with Crippen molar-refractivity contribution in [3.63, 3.8) is 0 Å². The van der Waals surface area contributed by atoms with E-state index in [1.54, 1.807) is 36.4 Å². The van der Waals surface area contributed by atoms with Crippen molar-refractivity contribution >= 4 is 69.7 Å². The maximum absolute atomic E-state index is 10.9. The molecule has 4 N–H and O–H groups in total. The molecule has 188 valence electrons. The fourth-order valence-electron chi connectivity index (χ4n) is 3.19. The Bertz CT molecular complexity index is 1090. The van der Waals surface area contributed by atoms with Gasteiger partial charge in [0, 0.05) is 33.8 Å². The number of carbonyl (C=O) groups excluding carboxylic acids is 1. The van der Waals surface area contributed by atoms with E-state index in [-0.39, 0.29) is 18.9 Å². The second kappa shape index (κ2) is 13.0. The van der Waals surface area contributed by atoms with Gasteiger partial charge in [0.15, 0.2) is 0 Å². The Kier molecular flexibility index (Phi) is 10.7. The number of carboxylic acids is 2. The molecule has 1 amide bonds. The van der Waals surface area contributed by atoms with E-state index in [2.05, 4.69) is 0 Å². The lowest BCUT2D eigenvalue weighted by molar-refractivity contribution is -0.147. The number of rotatable bonds is 7. The molecule has 1 fully saturated rings. The Labute approximate surface area is 222 Å². The molecule has 2 atom stereocenters. The smallest absolute Gasteiger partial charge is 0.326 e. The van der Waals surface area contributed by atoms with Crippen LogP contribution in [0, 0.1) is 0 Å². The fourth-order valence-corrected chi connectivity index (χ4v) is 4.25. The number of hydrogen-bond acceptors (Lipinski definition) is 6. The molecular formula is C23H23Cl3N2O6S. The molecule has 35 heavy (non-hydrogen) atoms. The molecule has 12 heteroatoms. The number of hydrogen-bond donors (Lipinski definition) is 3. The van der Waals surface area contributed by atoms with Crippen molar-refractivity contribution in [3.8, 4) is 5.75 Å². The van der Waals surface area contributed by atoms with E-state index >= 15 is 0 Å². The molecule has 0 radical (unpaired) electrons. The van der Waals surface area contributed by atoms with Gasteiger partial charge in [-0.15, -0.1) is 0 Å². The fraction of sp³-hybridized carbons (Fsp3) is 0.304. The van der Waals surface area contributed by atoms with Gasteiger partial charge < -0.3 is 25.6 Å². The number of carbonyl (C=O) groups is 3. The molecule has 3 rings (SSSR count). The first-order chi connectivity index (χ1) is 16.4. The summed E-state index contributed by atoms with van der Waals surface area (Å²) < 4.78 is 5.64. The van der Waals surface area contributed by atoms with Crippen molar-refractivity contribution in [1.29, 1.82) is 0 Å². The first-order valence-electron chi connectivity index (χ1n) is 10.2. The minimum Gasteiger partial charge on any atom is -0.487 e. The molecule has 0 aliphatic carbocycles. The highest BCUT2D eigenvalue weighted by Gasteiger charge is 2.34. The van der Waals surface area contributed by atoms with Crippen LogP contribution in [0.15, 0.2) is 36.4 Å². The highest BCUT2D eigenvalue weighted by atomic mass is 35.5. The van der Waals surface area contributed by atoms with Gasteiger partial charge in [0.05, 0.1) is 11.6 Å². The molecule has 0 bridgehead atoms. The van der Waals surface area contributed by atoms with E-state index in [4.69, 9.17) is 67.7 Å². The van der Waals surface area contributed by atoms with Crippen molar-refractivity contribution in [3.05, 3.63) is 62.6 Å². The summed E-state index contributed by atoms with van der Waals surface area (Å²) in [6, 6.07) is 8.51. The summed E-state index contributed by atoms with van der Waals surface area (Å²) in [5.74, 6) is -1.82. The van der Waals surface area contributed by atoms with E-state index in [1.807, 2.05) is 0 Å². The van der Waals surface area contributed by atoms with Crippen LogP contribution in [0.25, 0.3) is 0 Å². The maximum atomic E-state index is 10.9. The summed E-state index contributed by atoms with van der Waals surface area (Å²) in [6.45, 7) is 1.83. The number of thiocarbonyl (C=S) groups is 1. The first kappa shape index (κ1) is 28.8. The molecule has 0 saturated carbocycles. The van der Waals surface area contributed by atoms with Crippen LogP contribution in [0.5, 0.6) is 5.75 Å². The van der Waals surface area contributed by atoms with Crippen molar-refractivity contribution in [2.75, 3.05) is 6.54 Å². The Morgan fingerprint density at radius 1 is 1.14 bits per heavy atom.